The fraction of sp³-hybridized carbons (Fsp3) is 0.833. The molecule has 10 heavy (non-hydrogen) atoms. The third-order valence-corrected chi connectivity index (χ3v) is 2.83. The van der Waals surface area contributed by atoms with E-state index >= 15 is 0 Å². The molecule has 0 aromatic rings. The van der Waals surface area contributed by atoms with Gasteiger partial charge in [0.25, 0.3) is 0 Å². The zero-order valence-electron chi connectivity index (χ0n) is 6.22. The minimum Gasteiger partial charge on any atom is -0.394 e. The van der Waals surface area contributed by atoms with Crippen LogP contribution < -0.4 is 5.32 Å². The van der Waals surface area contributed by atoms with Gasteiger partial charge in [-0.3, -0.25) is 4.99 Å². The van der Waals surface area contributed by atoms with Gasteiger partial charge in [-0.15, -0.1) is 0 Å². The van der Waals surface area contributed by atoms with Crippen LogP contribution in [0.15, 0.2) is 4.99 Å². The molecule has 1 aliphatic heterocycles. The molecule has 2 N–H and O–H groups in total. The lowest BCUT2D eigenvalue weighted by Crippen LogP contribution is -2.43. The molecule has 0 aromatic carbocycles. The summed E-state index contributed by atoms with van der Waals surface area (Å²) in [5, 5.41) is 13.0. The predicted molar refractivity (Wildman–Crippen MR) is 44.4 cm³/mol. The minimum atomic E-state index is -0.153. The number of rotatable bonds is 1. The first-order valence-electron chi connectivity index (χ1n) is 3.19. The van der Waals surface area contributed by atoms with Crippen molar-refractivity contribution < 1.29 is 5.11 Å². The van der Waals surface area contributed by atoms with Crippen molar-refractivity contribution in [3.8, 4) is 0 Å². The number of aliphatic imine (C=N–C) groups is 1. The highest BCUT2D eigenvalue weighted by atomic mass is 32.2. The topological polar surface area (TPSA) is 44.6 Å². The van der Waals surface area contributed by atoms with Crippen LogP contribution >= 0.6 is 11.8 Å². The summed E-state index contributed by atoms with van der Waals surface area (Å²) in [5.74, 6) is 0.899. The normalized spacial score (nSPS) is 36.5. The van der Waals surface area contributed by atoms with E-state index in [9.17, 15) is 0 Å². The molecule has 0 bridgehead atoms. The highest BCUT2D eigenvalue weighted by molar-refractivity contribution is 8.14. The van der Waals surface area contributed by atoms with Gasteiger partial charge in [0.2, 0.25) is 0 Å². The average Bonchev–Trinajstić information content (AvgIpc) is 2.33. The van der Waals surface area contributed by atoms with Crippen LogP contribution in [0.25, 0.3) is 0 Å². The zero-order chi connectivity index (χ0) is 7.61. The second-order valence-corrected chi connectivity index (χ2v) is 3.63. The number of nitrogens with one attached hydrogen (secondary N) is 1. The molecule has 0 aromatic heterocycles. The Morgan fingerprint density at radius 1 is 1.90 bits per heavy atom. The molecule has 0 spiro atoms. The second kappa shape index (κ2) is 2.80. The van der Waals surface area contributed by atoms with Crippen molar-refractivity contribution in [3.63, 3.8) is 0 Å². The molecule has 4 heteroatoms. The Balaban J connectivity index is 2.57. The molecule has 0 amide bonds. The van der Waals surface area contributed by atoms with Gasteiger partial charge in [0, 0.05) is 12.8 Å². The molecule has 0 unspecified atom stereocenters. The summed E-state index contributed by atoms with van der Waals surface area (Å²) >= 11 is 1.65. The highest BCUT2D eigenvalue weighted by Gasteiger charge is 2.31. The van der Waals surface area contributed by atoms with E-state index in [1.807, 2.05) is 6.92 Å². The monoisotopic (exact) mass is 160 g/mol. The maximum Gasteiger partial charge on any atom is 0.156 e. The Bertz CT molecular complexity index is 160. The van der Waals surface area contributed by atoms with Gasteiger partial charge in [-0.05, 0) is 6.92 Å². The summed E-state index contributed by atoms with van der Waals surface area (Å²) in [6, 6.07) is 0. The molecule has 3 nitrogen and oxygen atoms in total. The van der Waals surface area contributed by atoms with E-state index in [-0.39, 0.29) is 12.1 Å². The number of hydrogen-bond acceptors (Lipinski definition) is 3. The molecule has 1 aliphatic rings. The summed E-state index contributed by atoms with van der Waals surface area (Å²) in [5.41, 5.74) is -0.153. The van der Waals surface area contributed by atoms with Gasteiger partial charge in [0.05, 0.1) is 12.1 Å². The van der Waals surface area contributed by atoms with E-state index in [1.54, 1.807) is 18.8 Å². The SMILES string of the molecule is CN=C1N[C@@](C)(CO)CS1. The predicted octanol–water partition coefficient (Wildman–Crippen LogP) is 0.0596. The number of thioether (sulfide) groups is 1. The number of amidine groups is 1. The van der Waals surface area contributed by atoms with Gasteiger partial charge in [0.15, 0.2) is 5.17 Å². The second-order valence-electron chi connectivity index (χ2n) is 2.66. The van der Waals surface area contributed by atoms with Gasteiger partial charge < -0.3 is 10.4 Å². The van der Waals surface area contributed by atoms with E-state index in [4.69, 9.17) is 5.11 Å². The van der Waals surface area contributed by atoms with E-state index < -0.39 is 0 Å². The Morgan fingerprint density at radius 3 is 2.90 bits per heavy atom. The average molecular weight is 160 g/mol. The first-order valence-corrected chi connectivity index (χ1v) is 4.17. The Kier molecular flexibility index (Phi) is 2.21. The van der Waals surface area contributed by atoms with Crippen LogP contribution in [-0.2, 0) is 0 Å². The number of aliphatic hydroxyl groups excluding tert-OH is 1. The quantitative estimate of drug-likeness (QED) is 0.570. The smallest absolute Gasteiger partial charge is 0.156 e. The fourth-order valence-electron chi connectivity index (χ4n) is 0.764. The molecule has 1 atom stereocenters. The number of hydrogen-bond donors (Lipinski definition) is 2. The van der Waals surface area contributed by atoms with Crippen LogP contribution in [0.4, 0.5) is 0 Å². The van der Waals surface area contributed by atoms with Crippen LogP contribution in [0.3, 0.4) is 0 Å². The van der Waals surface area contributed by atoms with Crippen molar-refractivity contribution in [2.24, 2.45) is 4.99 Å². The summed E-state index contributed by atoms with van der Waals surface area (Å²) in [7, 11) is 1.75. The van der Waals surface area contributed by atoms with Crippen molar-refractivity contribution >= 4 is 16.9 Å². The largest absolute Gasteiger partial charge is 0.394 e. The summed E-state index contributed by atoms with van der Waals surface area (Å²) < 4.78 is 0. The van der Waals surface area contributed by atoms with Gasteiger partial charge >= 0.3 is 0 Å². The molecule has 0 saturated carbocycles. The van der Waals surface area contributed by atoms with Gasteiger partial charge in [-0.1, -0.05) is 11.8 Å². The van der Waals surface area contributed by atoms with E-state index in [1.165, 1.54) is 0 Å². The van der Waals surface area contributed by atoms with Gasteiger partial charge in [-0.25, -0.2) is 0 Å². The maximum atomic E-state index is 8.91. The van der Waals surface area contributed by atoms with Crippen molar-refractivity contribution in [1.29, 1.82) is 0 Å². The Labute approximate surface area is 64.9 Å². The lowest BCUT2D eigenvalue weighted by Gasteiger charge is -2.19. The molecule has 58 valence electrons. The Hall–Kier alpha value is -0.220. The van der Waals surface area contributed by atoms with Crippen LogP contribution in [0, 0.1) is 0 Å². The van der Waals surface area contributed by atoms with Crippen molar-refractivity contribution in [1.82, 2.24) is 5.32 Å². The highest BCUT2D eigenvalue weighted by Crippen LogP contribution is 2.21. The Morgan fingerprint density at radius 2 is 2.60 bits per heavy atom. The van der Waals surface area contributed by atoms with Crippen LogP contribution in [-0.4, -0.2) is 35.2 Å². The van der Waals surface area contributed by atoms with Crippen molar-refractivity contribution in [2.75, 3.05) is 19.4 Å². The maximum absolute atomic E-state index is 8.91. The third-order valence-electron chi connectivity index (χ3n) is 1.49. The molecule has 1 rings (SSSR count). The van der Waals surface area contributed by atoms with E-state index in [2.05, 4.69) is 10.3 Å². The number of nitrogens with zero attached hydrogens (tertiary/aromatic N) is 1. The van der Waals surface area contributed by atoms with Crippen molar-refractivity contribution in [3.05, 3.63) is 0 Å². The summed E-state index contributed by atoms with van der Waals surface area (Å²) in [6.45, 7) is 2.15. The van der Waals surface area contributed by atoms with Gasteiger partial charge in [-0.2, -0.15) is 0 Å². The third kappa shape index (κ3) is 1.44. The molecule has 0 radical (unpaired) electrons. The van der Waals surface area contributed by atoms with Gasteiger partial charge in [0.1, 0.15) is 0 Å². The minimum absolute atomic E-state index is 0.153. The molecule has 1 heterocycles. The van der Waals surface area contributed by atoms with E-state index in [0.29, 0.717) is 0 Å². The lowest BCUT2D eigenvalue weighted by atomic mass is 10.1. The summed E-state index contributed by atoms with van der Waals surface area (Å²) in [4.78, 5) is 3.99. The lowest BCUT2D eigenvalue weighted by molar-refractivity contribution is 0.213. The first-order chi connectivity index (χ1) is 4.70. The number of aliphatic hydroxyl groups is 1. The fourth-order valence-corrected chi connectivity index (χ4v) is 1.83. The molecular weight excluding hydrogens is 148 g/mol. The molecule has 0 aliphatic carbocycles. The van der Waals surface area contributed by atoms with E-state index in [0.717, 1.165) is 10.9 Å². The molecule has 1 fully saturated rings. The summed E-state index contributed by atoms with van der Waals surface area (Å²) in [6.07, 6.45) is 0. The first kappa shape index (κ1) is 7.88. The van der Waals surface area contributed by atoms with Crippen molar-refractivity contribution in [2.45, 2.75) is 12.5 Å². The van der Waals surface area contributed by atoms with Crippen LogP contribution in [0.5, 0.6) is 0 Å². The van der Waals surface area contributed by atoms with Crippen LogP contribution in [0.1, 0.15) is 6.92 Å². The molecule has 1 saturated heterocycles. The van der Waals surface area contributed by atoms with Crippen LogP contribution in [0.2, 0.25) is 0 Å². The standard InChI is InChI=1S/C6H12N2OS/c1-6(3-9)4-10-5(7-2)8-6/h9H,3-4H2,1-2H3,(H,7,8)/t6-/m0/s1. The zero-order valence-corrected chi connectivity index (χ0v) is 7.03. The molecular formula is C6H12N2OS.